The number of unbranched alkanes of at least 4 members (excludes halogenated alkanes) is 1. The van der Waals surface area contributed by atoms with E-state index in [0.717, 1.165) is 23.5 Å². The van der Waals surface area contributed by atoms with Crippen LogP contribution in [0.5, 0.6) is 0 Å². The Morgan fingerprint density at radius 3 is 2.42 bits per heavy atom. The van der Waals surface area contributed by atoms with Gasteiger partial charge in [0.2, 0.25) is 0 Å². The van der Waals surface area contributed by atoms with Crippen LogP contribution in [0.4, 0.5) is 0 Å². The van der Waals surface area contributed by atoms with Gasteiger partial charge in [-0.2, -0.15) is 0 Å². The topological polar surface area (TPSA) is 36.4 Å². The summed E-state index contributed by atoms with van der Waals surface area (Å²) in [6.45, 7) is 6.83. The van der Waals surface area contributed by atoms with E-state index in [1.807, 2.05) is 12.1 Å². The molecule has 0 aliphatic heterocycles. The summed E-state index contributed by atoms with van der Waals surface area (Å²) in [7, 11) is 0. The Balaban J connectivity index is 0.00000324. The second-order valence-electron chi connectivity index (χ2n) is 4.10. The zero-order chi connectivity index (χ0) is 13.2. The van der Waals surface area contributed by atoms with Crippen molar-refractivity contribution in [2.45, 2.75) is 33.2 Å². The number of hydrogen-bond acceptors (Lipinski definition) is 1. The third kappa shape index (κ3) is 8.47. The van der Waals surface area contributed by atoms with Crippen LogP contribution in [0.15, 0.2) is 33.7 Å². The number of nitrogens with one attached hydrogen (secondary N) is 2. The van der Waals surface area contributed by atoms with Gasteiger partial charge in [-0.05, 0) is 31.0 Å². The molecule has 0 aliphatic rings. The van der Waals surface area contributed by atoms with Crippen LogP contribution in [0.2, 0.25) is 0 Å². The lowest BCUT2D eigenvalue weighted by atomic mass is 10.2. The van der Waals surface area contributed by atoms with Crippen LogP contribution in [-0.4, -0.2) is 19.0 Å². The van der Waals surface area contributed by atoms with E-state index < -0.39 is 0 Å². The number of hydrogen-bond donors (Lipinski definition) is 2. The lowest BCUT2D eigenvalue weighted by Crippen LogP contribution is -2.37. The molecule has 5 heteroatoms. The number of guanidine groups is 1. The van der Waals surface area contributed by atoms with Gasteiger partial charge < -0.3 is 10.6 Å². The molecule has 108 valence electrons. The average molecular weight is 440 g/mol. The summed E-state index contributed by atoms with van der Waals surface area (Å²) in [5.74, 6) is 0.897. The molecule has 2 N–H and O–H groups in total. The zero-order valence-corrected chi connectivity index (χ0v) is 15.5. The van der Waals surface area contributed by atoms with E-state index in [4.69, 9.17) is 0 Å². The molecule has 0 unspecified atom stereocenters. The van der Waals surface area contributed by atoms with Crippen molar-refractivity contribution in [3.63, 3.8) is 0 Å². The van der Waals surface area contributed by atoms with Crippen LogP contribution in [0, 0.1) is 0 Å². The maximum atomic E-state index is 4.56. The first kappa shape index (κ1) is 18.7. The molecule has 0 aromatic heterocycles. The SMILES string of the molecule is CCCCNC(=NCc1ccc(Br)cc1)NCC.I. The summed E-state index contributed by atoms with van der Waals surface area (Å²) >= 11 is 3.43. The fraction of sp³-hybridized carbons (Fsp3) is 0.500. The summed E-state index contributed by atoms with van der Waals surface area (Å²) in [5, 5.41) is 6.59. The summed E-state index contributed by atoms with van der Waals surface area (Å²) < 4.78 is 1.10. The highest BCUT2D eigenvalue weighted by Crippen LogP contribution is 2.10. The van der Waals surface area contributed by atoms with Crippen molar-refractivity contribution >= 4 is 45.9 Å². The Bertz CT molecular complexity index is 365. The van der Waals surface area contributed by atoms with Crippen molar-refractivity contribution in [1.82, 2.24) is 10.6 Å². The van der Waals surface area contributed by atoms with E-state index in [0.29, 0.717) is 6.54 Å². The van der Waals surface area contributed by atoms with Crippen molar-refractivity contribution < 1.29 is 0 Å². The molecule has 0 bridgehead atoms. The maximum Gasteiger partial charge on any atom is 0.191 e. The number of nitrogens with zero attached hydrogens (tertiary/aromatic N) is 1. The molecule has 0 saturated carbocycles. The average Bonchev–Trinajstić information content (AvgIpc) is 2.38. The van der Waals surface area contributed by atoms with Gasteiger partial charge in [-0.3, -0.25) is 0 Å². The lowest BCUT2D eigenvalue weighted by Gasteiger charge is -2.10. The molecule has 0 atom stereocenters. The molecule has 19 heavy (non-hydrogen) atoms. The van der Waals surface area contributed by atoms with Gasteiger partial charge >= 0.3 is 0 Å². The van der Waals surface area contributed by atoms with Crippen LogP contribution in [0.25, 0.3) is 0 Å². The molecule has 0 saturated heterocycles. The molecule has 3 nitrogen and oxygen atoms in total. The first-order valence-corrected chi connectivity index (χ1v) is 7.32. The molecule has 1 aromatic carbocycles. The minimum Gasteiger partial charge on any atom is -0.357 e. The van der Waals surface area contributed by atoms with E-state index in [-0.39, 0.29) is 24.0 Å². The van der Waals surface area contributed by atoms with Gasteiger partial charge in [0.1, 0.15) is 0 Å². The Morgan fingerprint density at radius 1 is 1.16 bits per heavy atom. The summed E-state index contributed by atoms with van der Waals surface area (Å²) in [6, 6.07) is 8.26. The van der Waals surface area contributed by atoms with E-state index in [1.54, 1.807) is 0 Å². The van der Waals surface area contributed by atoms with Crippen molar-refractivity contribution in [3.05, 3.63) is 34.3 Å². The number of rotatable bonds is 6. The van der Waals surface area contributed by atoms with Crippen LogP contribution in [0.1, 0.15) is 32.3 Å². The first-order chi connectivity index (χ1) is 8.76. The molecular formula is C14H23BrIN3. The van der Waals surface area contributed by atoms with Crippen LogP contribution >= 0.6 is 39.9 Å². The molecule has 0 fully saturated rings. The monoisotopic (exact) mass is 439 g/mol. The number of aliphatic imine (C=N–C) groups is 1. The summed E-state index contributed by atoms with van der Waals surface area (Å²) in [4.78, 5) is 4.56. The normalized spacial score (nSPS) is 10.8. The first-order valence-electron chi connectivity index (χ1n) is 6.53. The minimum absolute atomic E-state index is 0. The highest BCUT2D eigenvalue weighted by Gasteiger charge is 1.96. The van der Waals surface area contributed by atoms with E-state index in [9.17, 15) is 0 Å². The Kier molecular flexibility index (Phi) is 11.3. The lowest BCUT2D eigenvalue weighted by molar-refractivity contribution is 0.730. The predicted octanol–water partition coefficient (Wildman–Crippen LogP) is 3.92. The van der Waals surface area contributed by atoms with Gasteiger partial charge in [0, 0.05) is 17.6 Å². The van der Waals surface area contributed by atoms with E-state index in [1.165, 1.54) is 18.4 Å². The van der Waals surface area contributed by atoms with Crippen molar-refractivity contribution in [1.29, 1.82) is 0 Å². The van der Waals surface area contributed by atoms with Gasteiger partial charge in [-0.25, -0.2) is 4.99 Å². The van der Waals surface area contributed by atoms with Gasteiger partial charge in [0.15, 0.2) is 5.96 Å². The van der Waals surface area contributed by atoms with Crippen LogP contribution in [0.3, 0.4) is 0 Å². The predicted molar refractivity (Wildman–Crippen MR) is 97.3 cm³/mol. The van der Waals surface area contributed by atoms with Crippen molar-refractivity contribution in [2.75, 3.05) is 13.1 Å². The molecule has 1 rings (SSSR count). The largest absolute Gasteiger partial charge is 0.357 e. The fourth-order valence-electron chi connectivity index (χ4n) is 1.49. The van der Waals surface area contributed by atoms with Crippen molar-refractivity contribution in [2.24, 2.45) is 4.99 Å². The quantitative estimate of drug-likeness (QED) is 0.305. The Labute approximate surface area is 141 Å². The molecule has 0 amide bonds. The number of halogens is 2. The highest BCUT2D eigenvalue weighted by atomic mass is 127. The van der Waals surface area contributed by atoms with Gasteiger partial charge in [-0.1, -0.05) is 41.4 Å². The fourth-order valence-corrected chi connectivity index (χ4v) is 1.75. The van der Waals surface area contributed by atoms with Gasteiger partial charge in [0.25, 0.3) is 0 Å². The highest BCUT2D eigenvalue weighted by molar-refractivity contribution is 14.0. The summed E-state index contributed by atoms with van der Waals surface area (Å²) in [6.07, 6.45) is 2.36. The molecule has 0 radical (unpaired) electrons. The number of benzene rings is 1. The minimum atomic E-state index is 0. The second kappa shape index (κ2) is 11.5. The maximum absolute atomic E-state index is 4.56. The van der Waals surface area contributed by atoms with Crippen LogP contribution < -0.4 is 10.6 Å². The second-order valence-corrected chi connectivity index (χ2v) is 5.02. The Hall–Kier alpha value is -0.300. The molecule has 0 spiro atoms. The Morgan fingerprint density at radius 2 is 1.84 bits per heavy atom. The third-order valence-corrected chi connectivity index (χ3v) is 3.03. The van der Waals surface area contributed by atoms with E-state index >= 15 is 0 Å². The third-order valence-electron chi connectivity index (χ3n) is 2.50. The zero-order valence-electron chi connectivity index (χ0n) is 11.6. The van der Waals surface area contributed by atoms with Gasteiger partial charge in [-0.15, -0.1) is 24.0 Å². The van der Waals surface area contributed by atoms with Gasteiger partial charge in [0.05, 0.1) is 6.54 Å². The van der Waals surface area contributed by atoms with Crippen molar-refractivity contribution in [3.8, 4) is 0 Å². The molecule has 1 aromatic rings. The smallest absolute Gasteiger partial charge is 0.191 e. The van der Waals surface area contributed by atoms with E-state index in [2.05, 4.69) is 57.5 Å². The standard InChI is InChI=1S/C14H22BrN3.HI/c1-3-5-10-17-14(16-4-2)18-11-12-6-8-13(15)9-7-12;/h6-9H,3-5,10-11H2,1-2H3,(H2,16,17,18);1H. The molecule has 0 heterocycles. The molecule has 0 aliphatic carbocycles. The molecular weight excluding hydrogens is 417 g/mol. The van der Waals surface area contributed by atoms with Crippen LogP contribution in [-0.2, 0) is 6.54 Å². The summed E-state index contributed by atoms with van der Waals surface area (Å²) in [5.41, 5.74) is 1.21.